The van der Waals surface area contributed by atoms with E-state index in [1.165, 1.54) is 5.56 Å². The summed E-state index contributed by atoms with van der Waals surface area (Å²) in [5.74, 6) is 0.362. The Balaban J connectivity index is 1.63. The fourth-order valence-corrected chi connectivity index (χ4v) is 2.43. The number of nitrogens with zero attached hydrogens (tertiary/aromatic N) is 1. The van der Waals surface area contributed by atoms with Crippen LogP contribution in [0.4, 0.5) is 17.2 Å². The van der Waals surface area contributed by atoms with Crippen LogP contribution < -0.4 is 10.6 Å². The summed E-state index contributed by atoms with van der Waals surface area (Å²) < 4.78 is 0. The van der Waals surface area contributed by atoms with Gasteiger partial charge in [0, 0.05) is 11.3 Å². The first-order valence-corrected chi connectivity index (χ1v) is 8.34. The van der Waals surface area contributed by atoms with E-state index in [2.05, 4.69) is 34.7 Å². The molecule has 0 unspecified atom stereocenters. The van der Waals surface area contributed by atoms with Crippen LogP contribution in [0.15, 0.2) is 66.9 Å². The molecular formula is C21H21N3O. The Morgan fingerprint density at radius 2 is 1.60 bits per heavy atom. The van der Waals surface area contributed by atoms with Crippen LogP contribution in [0.25, 0.3) is 0 Å². The second-order valence-electron chi connectivity index (χ2n) is 5.93. The minimum atomic E-state index is -0.164. The average molecular weight is 331 g/mol. The predicted octanol–water partition coefficient (Wildman–Crippen LogP) is 4.95. The molecule has 0 saturated carbocycles. The molecular weight excluding hydrogens is 310 g/mol. The largest absolute Gasteiger partial charge is 0.354 e. The van der Waals surface area contributed by atoms with E-state index in [9.17, 15) is 4.79 Å². The van der Waals surface area contributed by atoms with Crippen molar-refractivity contribution in [1.82, 2.24) is 4.98 Å². The van der Waals surface area contributed by atoms with E-state index < -0.39 is 0 Å². The number of hydrogen-bond acceptors (Lipinski definition) is 3. The number of hydrogen-bond donors (Lipinski definition) is 2. The first kappa shape index (κ1) is 16.7. The first-order valence-electron chi connectivity index (χ1n) is 8.34. The van der Waals surface area contributed by atoms with E-state index in [-0.39, 0.29) is 5.91 Å². The number of carbonyl (C=O) groups excluding carboxylic acids is 1. The summed E-state index contributed by atoms with van der Waals surface area (Å²) in [6, 6.07) is 19.4. The second-order valence-corrected chi connectivity index (χ2v) is 5.93. The van der Waals surface area contributed by atoms with Gasteiger partial charge >= 0.3 is 0 Å². The predicted molar refractivity (Wildman–Crippen MR) is 102 cm³/mol. The maximum absolute atomic E-state index is 12.2. The second kappa shape index (κ2) is 7.62. The van der Waals surface area contributed by atoms with Crippen LogP contribution in [0.3, 0.4) is 0 Å². The van der Waals surface area contributed by atoms with Crippen molar-refractivity contribution in [2.24, 2.45) is 0 Å². The molecule has 0 aliphatic rings. The summed E-state index contributed by atoms with van der Waals surface area (Å²) in [4.78, 5) is 16.5. The standard InChI is InChI=1S/C21H21N3O/c1-3-16-6-10-18(11-7-16)23-19-12-13-20(22-14-19)24-21(25)17-8-4-15(2)5-9-17/h4-14,23H,3H2,1-2H3,(H,22,24,25). The van der Waals surface area contributed by atoms with Gasteiger partial charge in [0.05, 0.1) is 11.9 Å². The fourth-order valence-electron chi connectivity index (χ4n) is 2.43. The van der Waals surface area contributed by atoms with Gasteiger partial charge in [0.2, 0.25) is 0 Å². The fraction of sp³-hybridized carbons (Fsp3) is 0.143. The van der Waals surface area contributed by atoms with Gasteiger partial charge < -0.3 is 10.6 Å². The molecule has 0 aliphatic heterocycles. The number of amides is 1. The highest BCUT2D eigenvalue weighted by Gasteiger charge is 2.06. The monoisotopic (exact) mass is 331 g/mol. The highest BCUT2D eigenvalue weighted by atomic mass is 16.1. The Bertz CT molecular complexity index is 838. The van der Waals surface area contributed by atoms with Crippen molar-refractivity contribution in [2.75, 3.05) is 10.6 Å². The third-order valence-corrected chi connectivity index (χ3v) is 3.97. The summed E-state index contributed by atoms with van der Waals surface area (Å²) >= 11 is 0. The first-order chi connectivity index (χ1) is 12.1. The Morgan fingerprint density at radius 3 is 2.20 bits per heavy atom. The van der Waals surface area contributed by atoms with Gasteiger partial charge in [-0.15, -0.1) is 0 Å². The topological polar surface area (TPSA) is 54.0 Å². The van der Waals surface area contributed by atoms with E-state index in [1.807, 2.05) is 37.3 Å². The number of aryl methyl sites for hydroxylation is 2. The molecule has 0 saturated heterocycles. The lowest BCUT2D eigenvalue weighted by molar-refractivity contribution is 0.102. The maximum atomic E-state index is 12.2. The van der Waals surface area contributed by atoms with E-state index in [1.54, 1.807) is 24.4 Å². The number of carbonyl (C=O) groups is 1. The number of pyridine rings is 1. The molecule has 1 heterocycles. The van der Waals surface area contributed by atoms with Crippen LogP contribution in [0.2, 0.25) is 0 Å². The van der Waals surface area contributed by atoms with Crippen molar-refractivity contribution in [3.63, 3.8) is 0 Å². The molecule has 0 spiro atoms. The van der Waals surface area contributed by atoms with Crippen LogP contribution in [-0.4, -0.2) is 10.9 Å². The summed E-state index contributed by atoms with van der Waals surface area (Å²) in [6.07, 6.45) is 2.73. The van der Waals surface area contributed by atoms with Crippen LogP contribution in [0, 0.1) is 6.92 Å². The van der Waals surface area contributed by atoms with Crippen LogP contribution in [0.1, 0.15) is 28.4 Å². The Hall–Kier alpha value is -3.14. The van der Waals surface area contributed by atoms with Crippen molar-refractivity contribution < 1.29 is 4.79 Å². The average Bonchev–Trinajstić information content (AvgIpc) is 2.64. The van der Waals surface area contributed by atoms with Crippen molar-refractivity contribution in [1.29, 1.82) is 0 Å². The summed E-state index contributed by atoms with van der Waals surface area (Å²) in [6.45, 7) is 4.13. The molecule has 2 N–H and O–H groups in total. The molecule has 2 aromatic carbocycles. The third kappa shape index (κ3) is 4.44. The Labute approximate surface area is 147 Å². The van der Waals surface area contributed by atoms with E-state index in [0.717, 1.165) is 23.4 Å². The van der Waals surface area contributed by atoms with Gasteiger partial charge in [0.1, 0.15) is 5.82 Å². The molecule has 4 nitrogen and oxygen atoms in total. The summed E-state index contributed by atoms with van der Waals surface area (Å²) in [5.41, 5.74) is 4.92. The number of nitrogens with one attached hydrogen (secondary N) is 2. The molecule has 126 valence electrons. The van der Waals surface area contributed by atoms with E-state index in [0.29, 0.717) is 11.4 Å². The molecule has 1 amide bonds. The molecule has 0 bridgehead atoms. The minimum Gasteiger partial charge on any atom is -0.354 e. The summed E-state index contributed by atoms with van der Waals surface area (Å²) in [7, 11) is 0. The SMILES string of the molecule is CCc1ccc(Nc2ccc(NC(=O)c3ccc(C)cc3)nc2)cc1. The molecule has 1 aromatic heterocycles. The Morgan fingerprint density at radius 1 is 0.920 bits per heavy atom. The number of rotatable bonds is 5. The number of benzene rings is 2. The van der Waals surface area contributed by atoms with Gasteiger partial charge in [0.25, 0.3) is 5.91 Å². The molecule has 25 heavy (non-hydrogen) atoms. The zero-order valence-corrected chi connectivity index (χ0v) is 14.4. The van der Waals surface area contributed by atoms with Crippen molar-refractivity contribution >= 4 is 23.1 Å². The Kier molecular flexibility index (Phi) is 5.09. The minimum absolute atomic E-state index is 0.164. The zero-order valence-electron chi connectivity index (χ0n) is 14.4. The van der Waals surface area contributed by atoms with Crippen LogP contribution >= 0.6 is 0 Å². The van der Waals surface area contributed by atoms with Crippen LogP contribution in [0.5, 0.6) is 0 Å². The smallest absolute Gasteiger partial charge is 0.256 e. The normalized spacial score (nSPS) is 10.3. The number of anilines is 3. The lowest BCUT2D eigenvalue weighted by Gasteiger charge is -2.09. The van der Waals surface area contributed by atoms with Gasteiger partial charge in [-0.3, -0.25) is 4.79 Å². The van der Waals surface area contributed by atoms with E-state index >= 15 is 0 Å². The van der Waals surface area contributed by atoms with Gasteiger partial charge in [-0.25, -0.2) is 4.98 Å². The van der Waals surface area contributed by atoms with Gasteiger partial charge in [0.15, 0.2) is 0 Å². The zero-order chi connectivity index (χ0) is 17.6. The highest BCUT2D eigenvalue weighted by molar-refractivity contribution is 6.03. The van der Waals surface area contributed by atoms with Crippen molar-refractivity contribution in [2.45, 2.75) is 20.3 Å². The third-order valence-electron chi connectivity index (χ3n) is 3.97. The van der Waals surface area contributed by atoms with Crippen LogP contribution in [-0.2, 0) is 6.42 Å². The molecule has 3 rings (SSSR count). The molecule has 0 fully saturated rings. The van der Waals surface area contributed by atoms with Crippen molar-refractivity contribution in [3.8, 4) is 0 Å². The van der Waals surface area contributed by atoms with Gasteiger partial charge in [-0.05, 0) is 55.3 Å². The maximum Gasteiger partial charge on any atom is 0.256 e. The molecule has 3 aromatic rings. The summed E-state index contributed by atoms with van der Waals surface area (Å²) in [5, 5.41) is 6.10. The molecule has 4 heteroatoms. The van der Waals surface area contributed by atoms with E-state index in [4.69, 9.17) is 0 Å². The highest BCUT2D eigenvalue weighted by Crippen LogP contribution is 2.18. The molecule has 0 aliphatic carbocycles. The quantitative estimate of drug-likeness (QED) is 0.695. The lowest BCUT2D eigenvalue weighted by Crippen LogP contribution is -2.12. The number of aromatic nitrogens is 1. The van der Waals surface area contributed by atoms with Crippen molar-refractivity contribution in [3.05, 3.63) is 83.6 Å². The molecule has 0 radical (unpaired) electrons. The van der Waals surface area contributed by atoms with Gasteiger partial charge in [-0.2, -0.15) is 0 Å². The van der Waals surface area contributed by atoms with Gasteiger partial charge in [-0.1, -0.05) is 36.8 Å². The molecule has 0 atom stereocenters. The lowest BCUT2D eigenvalue weighted by atomic mass is 10.1.